The second-order valence-electron chi connectivity index (χ2n) is 5.39. The van der Waals surface area contributed by atoms with Gasteiger partial charge in [-0.2, -0.15) is 0 Å². The molecule has 1 atom stereocenters. The molecule has 126 valence electrons. The molecule has 0 radical (unpaired) electrons. The predicted octanol–water partition coefficient (Wildman–Crippen LogP) is 0.254. The maximum atomic E-state index is 12.1. The number of pyridine rings is 1. The molecule has 1 aromatic heterocycles. The van der Waals surface area contributed by atoms with Crippen molar-refractivity contribution < 1.29 is 20.0 Å². The number of aromatic nitrogens is 1. The van der Waals surface area contributed by atoms with E-state index in [0.29, 0.717) is 17.3 Å². The number of carboxylic acid groups (broad SMARTS) is 1. The normalized spacial score (nSPS) is 11.8. The summed E-state index contributed by atoms with van der Waals surface area (Å²) in [7, 11) is 0. The molecule has 0 aliphatic carbocycles. The molecule has 0 spiro atoms. The quantitative estimate of drug-likeness (QED) is 0.750. The van der Waals surface area contributed by atoms with Crippen molar-refractivity contribution >= 4 is 29.2 Å². The summed E-state index contributed by atoms with van der Waals surface area (Å²) in [4.78, 5) is 27.4. The van der Waals surface area contributed by atoms with Gasteiger partial charge in [0.25, 0.3) is 0 Å². The van der Waals surface area contributed by atoms with Crippen LogP contribution in [0.15, 0.2) is 42.7 Å². The average Bonchev–Trinajstić information content (AvgIpc) is 2.56. The molecule has 0 bridgehead atoms. The zero-order chi connectivity index (χ0) is 17.5. The lowest BCUT2D eigenvalue weighted by atomic mass is 10.1. The van der Waals surface area contributed by atoms with Gasteiger partial charge in [-0.15, -0.1) is 0 Å². The Labute approximate surface area is 144 Å². The molecule has 0 fully saturated rings. The third-order valence-corrected chi connectivity index (χ3v) is 4.02. The van der Waals surface area contributed by atoms with Crippen LogP contribution < -0.4 is 15.7 Å². The molecule has 0 aliphatic rings. The molecule has 0 aliphatic heterocycles. The van der Waals surface area contributed by atoms with Crippen molar-refractivity contribution in [2.45, 2.75) is 25.9 Å². The zero-order valence-corrected chi connectivity index (χ0v) is 13.9. The SMILES string of the molecule is Cc1c(Cl)cccc1NC(=O)C[C@@H]([NH2+]Cc1cccnc1)C(=O)[O-]. The van der Waals surface area contributed by atoms with Gasteiger partial charge in [0, 0.05) is 28.7 Å². The Balaban J connectivity index is 1.95. The third kappa shape index (κ3) is 5.04. The number of anilines is 1. The summed E-state index contributed by atoms with van der Waals surface area (Å²) >= 11 is 6.00. The van der Waals surface area contributed by atoms with Crippen LogP contribution in [0, 0.1) is 6.92 Å². The van der Waals surface area contributed by atoms with Gasteiger partial charge in [-0.1, -0.05) is 23.7 Å². The number of carbonyl (C=O) groups excluding carboxylic acids is 2. The number of halogens is 1. The second-order valence-corrected chi connectivity index (χ2v) is 5.80. The Morgan fingerprint density at radius 2 is 2.12 bits per heavy atom. The van der Waals surface area contributed by atoms with E-state index < -0.39 is 17.9 Å². The molecular formula is C17H18ClN3O3. The monoisotopic (exact) mass is 347 g/mol. The van der Waals surface area contributed by atoms with Crippen LogP contribution in [0.4, 0.5) is 5.69 Å². The molecule has 2 rings (SSSR count). The number of nitrogens with zero attached hydrogens (tertiary/aromatic N) is 1. The topological polar surface area (TPSA) is 98.7 Å². The lowest BCUT2D eigenvalue weighted by Crippen LogP contribution is -2.92. The summed E-state index contributed by atoms with van der Waals surface area (Å²) in [6, 6.07) is 7.78. The molecule has 3 N–H and O–H groups in total. The van der Waals surface area contributed by atoms with Crippen LogP contribution in [0.2, 0.25) is 5.02 Å². The van der Waals surface area contributed by atoms with E-state index in [1.54, 1.807) is 48.9 Å². The highest BCUT2D eigenvalue weighted by atomic mass is 35.5. The standard InChI is InChI=1S/C17H18ClN3O3/c1-11-13(18)5-2-6-14(11)21-16(22)8-15(17(23)24)20-10-12-4-3-7-19-9-12/h2-7,9,15,20H,8,10H2,1H3,(H,21,22)(H,23,24)/t15-/m1/s1. The van der Waals surface area contributed by atoms with Crippen molar-refractivity contribution in [2.75, 3.05) is 5.32 Å². The van der Waals surface area contributed by atoms with Gasteiger partial charge in [0.15, 0.2) is 0 Å². The van der Waals surface area contributed by atoms with Crippen molar-refractivity contribution in [1.29, 1.82) is 0 Å². The maximum Gasteiger partial charge on any atom is 0.230 e. The number of nitrogens with one attached hydrogen (secondary N) is 1. The fourth-order valence-corrected chi connectivity index (χ4v) is 2.38. The van der Waals surface area contributed by atoms with E-state index in [0.717, 1.165) is 11.1 Å². The van der Waals surface area contributed by atoms with Gasteiger partial charge in [-0.25, -0.2) is 0 Å². The first-order valence-corrected chi connectivity index (χ1v) is 7.83. The lowest BCUT2D eigenvalue weighted by molar-refractivity contribution is -0.697. The van der Waals surface area contributed by atoms with E-state index in [1.807, 2.05) is 6.07 Å². The largest absolute Gasteiger partial charge is 0.544 e. The molecule has 6 nitrogen and oxygen atoms in total. The van der Waals surface area contributed by atoms with Crippen LogP contribution in [0.1, 0.15) is 17.5 Å². The Bertz CT molecular complexity index is 722. The van der Waals surface area contributed by atoms with E-state index in [2.05, 4.69) is 10.3 Å². The molecule has 2 aromatic rings. The van der Waals surface area contributed by atoms with Crippen molar-refractivity contribution in [3.05, 3.63) is 58.9 Å². The van der Waals surface area contributed by atoms with Crippen LogP contribution in [-0.4, -0.2) is 22.9 Å². The third-order valence-electron chi connectivity index (χ3n) is 3.61. The minimum Gasteiger partial charge on any atom is -0.544 e. The average molecular weight is 348 g/mol. The first-order valence-electron chi connectivity index (χ1n) is 7.45. The van der Waals surface area contributed by atoms with Crippen LogP contribution >= 0.6 is 11.6 Å². The summed E-state index contributed by atoms with van der Waals surface area (Å²) < 4.78 is 0. The number of hydrogen-bond donors (Lipinski definition) is 2. The van der Waals surface area contributed by atoms with Crippen molar-refractivity contribution in [2.24, 2.45) is 0 Å². The first kappa shape index (κ1) is 17.9. The van der Waals surface area contributed by atoms with Crippen LogP contribution in [0.25, 0.3) is 0 Å². The predicted molar refractivity (Wildman–Crippen MR) is 88.1 cm³/mol. The molecule has 0 unspecified atom stereocenters. The van der Waals surface area contributed by atoms with Gasteiger partial charge in [-0.3, -0.25) is 9.78 Å². The molecule has 1 amide bonds. The number of carbonyl (C=O) groups is 2. The summed E-state index contributed by atoms with van der Waals surface area (Å²) in [6.07, 6.45) is 3.09. The number of hydrogen-bond acceptors (Lipinski definition) is 4. The minimum absolute atomic E-state index is 0.200. The fraction of sp³-hybridized carbons (Fsp3) is 0.235. The number of amides is 1. The van der Waals surface area contributed by atoms with Gasteiger partial charge in [0.2, 0.25) is 5.91 Å². The highest BCUT2D eigenvalue weighted by Crippen LogP contribution is 2.22. The van der Waals surface area contributed by atoms with Crippen LogP contribution in [-0.2, 0) is 16.1 Å². The van der Waals surface area contributed by atoms with Gasteiger partial charge in [-0.05, 0) is 30.7 Å². The van der Waals surface area contributed by atoms with Crippen LogP contribution in [0.3, 0.4) is 0 Å². The first-order chi connectivity index (χ1) is 11.5. The van der Waals surface area contributed by atoms with E-state index in [9.17, 15) is 14.7 Å². The fourth-order valence-electron chi connectivity index (χ4n) is 2.20. The highest BCUT2D eigenvalue weighted by Gasteiger charge is 2.19. The molecule has 24 heavy (non-hydrogen) atoms. The molecule has 1 heterocycles. The summed E-state index contributed by atoms with van der Waals surface area (Å²) in [5.74, 6) is -1.69. The van der Waals surface area contributed by atoms with Crippen molar-refractivity contribution in [1.82, 2.24) is 4.98 Å². The smallest absolute Gasteiger partial charge is 0.230 e. The molecule has 7 heteroatoms. The Morgan fingerprint density at radius 1 is 1.33 bits per heavy atom. The molecule has 1 aromatic carbocycles. The number of aliphatic carboxylic acids is 1. The molecule has 0 saturated carbocycles. The summed E-state index contributed by atoms with van der Waals surface area (Å²) in [5, 5.41) is 16.0. The number of carboxylic acids is 1. The molecular weight excluding hydrogens is 330 g/mol. The van der Waals surface area contributed by atoms with Crippen molar-refractivity contribution in [3.8, 4) is 0 Å². The van der Waals surface area contributed by atoms with E-state index >= 15 is 0 Å². The maximum absolute atomic E-state index is 12.1. The second kappa shape index (κ2) is 8.42. The van der Waals surface area contributed by atoms with Gasteiger partial charge < -0.3 is 20.5 Å². The minimum atomic E-state index is -1.28. The van der Waals surface area contributed by atoms with E-state index in [1.165, 1.54) is 0 Å². The Kier molecular flexibility index (Phi) is 6.28. The number of nitrogens with two attached hydrogens (primary N) is 1. The van der Waals surface area contributed by atoms with Gasteiger partial charge in [0.05, 0.1) is 12.4 Å². The number of quaternary nitrogens is 1. The van der Waals surface area contributed by atoms with Crippen LogP contribution in [0.5, 0.6) is 0 Å². The Hall–Kier alpha value is -2.44. The Morgan fingerprint density at radius 3 is 2.79 bits per heavy atom. The summed E-state index contributed by atoms with van der Waals surface area (Å²) in [5.41, 5.74) is 2.17. The number of benzene rings is 1. The van der Waals surface area contributed by atoms with Gasteiger partial charge >= 0.3 is 0 Å². The highest BCUT2D eigenvalue weighted by molar-refractivity contribution is 6.31. The van der Waals surface area contributed by atoms with E-state index in [-0.39, 0.29) is 6.42 Å². The van der Waals surface area contributed by atoms with E-state index in [4.69, 9.17) is 11.6 Å². The molecule has 0 saturated heterocycles. The number of rotatable bonds is 7. The lowest BCUT2D eigenvalue weighted by Gasteiger charge is -2.17. The zero-order valence-electron chi connectivity index (χ0n) is 13.2. The van der Waals surface area contributed by atoms with Crippen molar-refractivity contribution in [3.63, 3.8) is 0 Å². The summed E-state index contributed by atoms with van der Waals surface area (Å²) in [6.45, 7) is 2.18. The van der Waals surface area contributed by atoms with Gasteiger partial charge in [0.1, 0.15) is 12.6 Å².